The summed E-state index contributed by atoms with van der Waals surface area (Å²) >= 11 is 0. The van der Waals surface area contributed by atoms with Crippen molar-refractivity contribution < 1.29 is 94.1 Å². The maximum absolute atomic E-state index is 13.3. The molecule has 3 saturated heterocycles. The topological polar surface area (TPSA) is 304 Å². The molecule has 5 rings (SSSR count). The molecule has 19 heteroatoms. The number of aliphatic hydroxyl groups is 7. The van der Waals surface area contributed by atoms with Crippen LogP contribution < -0.4 is 0 Å². The van der Waals surface area contributed by atoms with Crippen molar-refractivity contribution in [2.24, 2.45) is 0 Å². The number of phenolic OH excluding ortho intramolecular Hbond substituents is 4. The Balaban J connectivity index is 1.43. The van der Waals surface area contributed by atoms with Crippen molar-refractivity contribution >= 4 is 12.0 Å². The first-order chi connectivity index (χ1) is 25.5. The molecule has 3 heterocycles. The summed E-state index contributed by atoms with van der Waals surface area (Å²) in [6, 6.07) is 7.83. The summed E-state index contributed by atoms with van der Waals surface area (Å²) in [6.07, 6.45) is -21.1. The molecule has 3 fully saturated rings. The molecule has 0 amide bonds. The quantitative estimate of drug-likeness (QED) is 0.0622. The average Bonchev–Trinajstić information content (AvgIpc) is 3.14. The zero-order valence-electron chi connectivity index (χ0n) is 29.1. The Bertz CT molecular complexity index is 1590. The third-order valence-corrected chi connectivity index (χ3v) is 9.32. The summed E-state index contributed by atoms with van der Waals surface area (Å²) in [5.74, 6) is -2.62. The molecule has 19 nitrogen and oxygen atoms in total. The lowest BCUT2D eigenvalue weighted by Gasteiger charge is -2.47. The molecule has 0 bridgehead atoms. The van der Waals surface area contributed by atoms with E-state index < -0.39 is 116 Å². The Morgan fingerprint density at radius 3 is 1.85 bits per heavy atom. The van der Waals surface area contributed by atoms with Crippen LogP contribution in [0.5, 0.6) is 23.0 Å². The highest BCUT2D eigenvalue weighted by Gasteiger charge is 2.53. The lowest BCUT2D eigenvalue weighted by Crippen LogP contribution is -2.65. The molecule has 0 radical (unpaired) electrons. The summed E-state index contributed by atoms with van der Waals surface area (Å²) in [6.45, 7) is 2.06. The molecule has 2 aromatic carbocycles. The van der Waals surface area contributed by atoms with Crippen LogP contribution in [0.1, 0.15) is 25.0 Å². The number of benzene rings is 2. The zero-order chi connectivity index (χ0) is 39.4. The van der Waals surface area contributed by atoms with Gasteiger partial charge in [-0.3, -0.25) is 0 Å². The largest absolute Gasteiger partial charge is 0.504 e. The SMILES string of the molecule is CC1OC(OCC2OC(OCCc3ccc(O)c(O)c3)C(O)C(OC3OC(C)C(O)C(O)C3O)C2OC(=O)/C=C/c2ccc(O)c(O)c2)C(O)C(O)C1O. The minimum Gasteiger partial charge on any atom is -0.504 e. The molecule has 15 atom stereocenters. The highest BCUT2D eigenvalue weighted by atomic mass is 16.8. The monoisotopic (exact) mass is 770 g/mol. The average molecular weight is 771 g/mol. The van der Waals surface area contributed by atoms with Crippen molar-refractivity contribution in [3.63, 3.8) is 0 Å². The molecule has 0 aromatic heterocycles. The number of hydrogen-bond donors (Lipinski definition) is 11. The molecular weight excluding hydrogens is 724 g/mol. The number of phenols is 4. The number of ether oxygens (including phenoxy) is 7. The first-order valence-corrected chi connectivity index (χ1v) is 17.1. The number of carbonyl (C=O) groups excluding carboxylic acids is 1. The molecule has 54 heavy (non-hydrogen) atoms. The van der Waals surface area contributed by atoms with E-state index in [4.69, 9.17) is 33.2 Å². The molecule has 3 aliphatic rings. The third-order valence-electron chi connectivity index (χ3n) is 9.32. The molecule has 3 aliphatic heterocycles. The van der Waals surface area contributed by atoms with Crippen LogP contribution in [0.25, 0.3) is 6.08 Å². The second-order valence-electron chi connectivity index (χ2n) is 13.3. The van der Waals surface area contributed by atoms with E-state index in [-0.39, 0.29) is 30.1 Å². The van der Waals surface area contributed by atoms with Gasteiger partial charge in [0.1, 0.15) is 54.9 Å². The summed E-state index contributed by atoms with van der Waals surface area (Å²) in [7, 11) is 0. The lowest BCUT2D eigenvalue weighted by molar-refractivity contribution is -0.363. The van der Waals surface area contributed by atoms with Gasteiger partial charge in [0.25, 0.3) is 0 Å². The molecule has 0 aliphatic carbocycles. The number of esters is 1. The predicted molar refractivity (Wildman–Crippen MR) is 178 cm³/mol. The van der Waals surface area contributed by atoms with Crippen LogP contribution in [0.3, 0.4) is 0 Å². The summed E-state index contributed by atoms with van der Waals surface area (Å²) in [5.41, 5.74) is 0.811. The fourth-order valence-corrected chi connectivity index (χ4v) is 6.08. The van der Waals surface area contributed by atoms with E-state index in [9.17, 15) is 61.0 Å². The Kier molecular flexibility index (Phi) is 13.7. The van der Waals surface area contributed by atoms with Gasteiger partial charge < -0.3 is 89.3 Å². The van der Waals surface area contributed by atoms with Crippen LogP contribution in [0.15, 0.2) is 42.5 Å². The van der Waals surface area contributed by atoms with Gasteiger partial charge >= 0.3 is 5.97 Å². The Morgan fingerprint density at radius 2 is 1.22 bits per heavy atom. The minimum atomic E-state index is -1.86. The maximum atomic E-state index is 13.3. The Labute approximate surface area is 308 Å². The van der Waals surface area contributed by atoms with Gasteiger partial charge in [-0.05, 0) is 61.7 Å². The van der Waals surface area contributed by atoms with Gasteiger partial charge in [0, 0.05) is 6.08 Å². The number of aromatic hydroxyl groups is 4. The highest BCUT2D eigenvalue weighted by Crippen LogP contribution is 2.33. The molecule has 0 saturated carbocycles. The van der Waals surface area contributed by atoms with Crippen LogP contribution in [0, 0.1) is 0 Å². The van der Waals surface area contributed by atoms with Gasteiger partial charge in [-0.25, -0.2) is 4.79 Å². The third kappa shape index (κ3) is 9.58. The van der Waals surface area contributed by atoms with E-state index in [2.05, 4.69) is 0 Å². The van der Waals surface area contributed by atoms with Crippen molar-refractivity contribution in [2.45, 2.75) is 112 Å². The normalized spacial score (nSPS) is 37.3. The van der Waals surface area contributed by atoms with E-state index in [1.807, 2.05) is 0 Å². The van der Waals surface area contributed by atoms with Gasteiger partial charge in [0.15, 0.2) is 48.0 Å². The van der Waals surface area contributed by atoms with Crippen molar-refractivity contribution in [3.8, 4) is 23.0 Å². The number of aliphatic hydroxyl groups excluding tert-OH is 7. The van der Waals surface area contributed by atoms with E-state index in [0.29, 0.717) is 5.56 Å². The fraction of sp³-hybridized carbons (Fsp3) is 0.571. The standard InChI is InChI=1S/C35H46O19/c1-14-24(41)26(43)28(45)33(50-14)49-13-22-31(53-23(40)8-5-16-3-6-18(36)20(38)11-16)32(54-35-29(46)27(44)25(42)15(2)51-35)30(47)34(52-22)48-10-9-17-4-7-19(37)21(39)12-17/h3-8,11-12,14-15,22,24-39,41-47H,9-10,13H2,1-2H3/b8-5+. The zero-order valence-corrected chi connectivity index (χ0v) is 29.1. The number of carbonyl (C=O) groups is 1. The minimum absolute atomic E-state index is 0.134. The molecule has 2 aromatic rings. The van der Waals surface area contributed by atoms with E-state index >= 15 is 0 Å². The molecule has 0 spiro atoms. The molecule has 11 N–H and O–H groups in total. The van der Waals surface area contributed by atoms with Crippen LogP contribution in [-0.4, -0.2) is 167 Å². The van der Waals surface area contributed by atoms with Gasteiger partial charge in [-0.2, -0.15) is 0 Å². The molecule has 300 valence electrons. The van der Waals surface area contributed by atoms with Crippen LogP contribution in [-0.2, 0) is 44.4 Å². The van der Waals surface area contributed by atoms with Crippen molar-refractivity contribution in [1.82, 2.24) is 0 Å². The number of hydrogen-bond acceptors (Lipinski definition) is 19. The molecular formula is C35H46O19. The Morgan fingerprint density at radius 1 is 0.648 bits per heavy atom. The fourth-order valence-electron chi connectivity index (χ4n) is 6.08. The van der Waals surface area contributed by atoms with E-state index in [0.717, 1.165) is 6.08 Å². The Hall–Kier alpha value is -3.67. The van der Waals surface area contributed by atoms with Gasteiger partial charge in [0.05, 0.1) is 25.4 Å². The predicted octanol–water partition coefficient (Wildman–Crippen LogP) is -2.16. The first kappa shape index (κ1) is 41.5. The molecule has 15 unspecified atom stereocenters. The van der Waals surface area contributed by atoms with Gasteiger partial charge in [0.2, 0.25) is 0 Å². The van der Waals surface area contributed by atoms with Gasteiger partial charge in [-0.1, -0.05) is 12.1 Å². The maximum Gasteiger partial charge on any atom is 0.331 e. The summed E-state index contributed by atoms with van der Waals surface area (Å²) < 4.78 is 40.4. The lowest BCUT2D eigenvalue weighted by atomic mass is 9.96. The van der Waals surface area contributed by atoms with Crippen molar-refractivity contribution in [3.05, 3.63) is 53.6 Å². The second kappa shape index (κ2) is 17.9. The van der Waals surface area contributed by atoms with E-state index in [1.165, 1.54) is 56.3 Å². The van der Waals surface area contributed by atoms with Crippen LogP contribution in [0.2, 0.25) is 0 Å². The summed E-state index contributed by atoms with van der Waals surface area (Å²) in [5, 5.41) is 113. The first-order valence-electron chi connectivity index (χ1n) is 17.1. The number of rotatable bonds is 12. The van der Waals surface area contributed by atoms with Crippen molar-refractivity contribution in [2.75, 3.05) is 13.2 Å². The van der Waals surface area contributed by atoms with Gasteiger partial charge in [-0.15, -0.1) is 0 Å². The second-order valence-corrected chi connectivity index (χ2v) is 13.3. The van der Waals surface area contributed by atoms with E-state index in [1.54, 1.807) is 0 Å². The summed E-state index contributed by atoms with van der Waals surface area (Å²) in [4.78, 5) is 13.3. The van der Waals surface area contributed by atoms with Crippen molar-refractivity contribution in [1.29, 1.82) is 0 Å². The smallest absolute Gasteiger partial charge is 0.331 e. The van der Waals surface area contributed by atoms with Crippen LogP contribution >= 0.6 is 0 Å². The highest BCUT2D eigenvalue weighted by molar-refractivity contribution is 5.87. The van der Waals surface area contributed by atoms with Crippen LogP contribution in [0.4, 0.5) is 0 Å².